The van der Waals surface area contributed by atoms with Crippen LogP contribution in [0.2, 0.25) is 0 Å². The van der Waals surface area contributed by atoms with Crippen LogP contribution in [0, 0.1) is 0 Å². The number of H-pyrrole nitrogens is 1. The minimum Gasteiger partial charge on any atom is -0.368 e. The molecule has 7 nitrogen and oxygen atoms in total. The summed E-state index contributed by atoms with van der Waals surface area (Å²) in [4.78, 5) is 32.5. The summed E-state index contributed by atoms with van der Waals surface area (Å²) < 4.78 is 0. The van der Waals surface area contributed by atoms with Gasteiger partial charge < -0.3 is 9.80 Å². The molecule has 1 fully saturated rings. The third kappa shape index (κ3) is 4.46. The van der Waals surface area contributed by atoms with E-state index >= 15 is 0 Å². The van der Waals surface area contributed by atoms with Gasteiger partial charge in [0, 0.05) is 56.1 Å². The average Bonchev–Trinajstić information content (AvgIpc) is 2.73. The molecule has 3 heterocycles. The molecule has 0 bridgehead atoms. The number of piperazine rings is 1. The van der Waals surface area contributed by atoms with Crippen molar-refractivity contribution in [3.8, 4) is 0 Å². The van der Waals surface area contributed by atoms with Gasteiger partial charge in [-0.3, -0.25) is 9.78 Å². The van der Waals surface area contributed by atoms with Crippen LogP contribution in [0.1, 0.15) is 5.69 Å². The lowest BCUT2D eigenvalue weighted by Crippen LogP contribution is -2.47. The topological polar surface area (TPSA) is 78.0 Å². The van der Waals surface area contributed by atoms with Crippen molar-refractivity contribution >= 4 is 23.4 Å². The summed E-state index contributed by atoms with van der Waals surface area (Å²) in [5, 5.41) is 0.678. The van der Waals surface area contributed by atoms with Crippen LogP contribution in [0.25, 0.3) is 0 Å². The molecule has 1 saturated heterocycles. The van der Waals surface area contributed by atoms with Gasteiger partial charge in [0.1, 0.15) is 0 Å². The second kappa shape index (κ2) is 8.22. The molecule has 0 amide bonds. The zero-order chi connectivity index (χ0) is 18.5. The molecule has 138 valence electrons. The second-order valence-corrected chi connectivity index (χ2v) is 7.13. The standard InChI is InChI=1S/C19H20N6OS/c26-17-13-15(14-27-19-20-7-4-8-21-19)22-18(23-17)25-11-9-24(10-12-25)16-5-2-1-3-6-16/h1-8,13H,9-12,14H2,(H,22,23,26). The van der Waals surface area contributed by atoms with Crippen molar-refractivity contribution in [3.05, 3.63) is 70.9 Å². The minimum atomic E-state index is -0.130. The number of thioether (sulfide) groups is 1. The van der Waals surface area contributed by atoms with Crippen LogP contribution in [-0.4, -0.2) is 46.1 Å². The normalized spacial score (nSPS) is 14.4. The third-order valence-electron chi connectivity index (χ3n) is 4.37. The smallest absolute Gasteiger partial charge is 0.252 e. The number of benzene rings is 1. The highest BCUT2D eigenvalue weighted by atomic mass is 32.2. The summed E-state index contributed by atoms with van der Waals surface area (Å²) in [5.41, 5.74) is 1.83. The van der Waals surface area contributed by atoms with Gasteiger partial charge in [-0.25, -0.2) is 15.0 Å². The van der Waals surface area contributed by atoms with Crippen LogP contribution in [0.5, 0.6) is 0 Å². The fourth-order valence-corrected chi connectivity index (χ4v) is 3.73. The average molecular weight is 380 g/mol. The number of hydrogen-bond donors (Lipinski definition) is 1. The van der Waals surface area contributed by atoms with Gasteiger partial charge in [-0.2, -0.15) is 0 Å². The summed E-state index contributed by atoms with van der Waals surface area (Å²) >= 11 is 1.47. The molecule has 1 aliphatic heterocycles. The Labute approximate surface area is 161 Å². The number of aromatic amines is 1. The molecule has 0 aliphatic carbocycles. The zero-order valence-corrected chi connectivity index (χ0v) is 15.6. The number of nitrogens with one attached hydrogen (secondary N) is 1. The Morgan fingerprint density at radius 2 is 1.67 bits per heavy atom. The van der Waals surface area contributed by atoms with Crippen LogP contribution in [-0.2, 0) is 5.75 Å². The number of nitrogens with zero attached hydrogens (tertiary/aromatic N) is 5. The highest BCUT2D eigenvalue weighted by Gasteiger charge is 2.19. The van der Waals surface area contributed by atoms with Crippen molar-refractivity contribution in [2.45, 2.75) is 10.9 Å². The Balaban J connectivity index is 1.42. The molecule has 1 aliphatic rings. The molecule has 0 atom stereocenters. The Bertz CT molecular complexity index is 926. The number of para-hydroxylation sites is 1. The number of aromatic nitrogens is 4. The minimum absolute atomic E-state index is 0.130. The van der Waals surface area contributed by atoms with E-state index in [0.717, 1.165) is 31.9 Å². The first-order chi connectivity index (χ1) is 13.3. The fourth-order valence-electron chi connectivity index (χ4n) is 3.03. The quantitative estimate of drug-likeness (QED) is 0.537. The van der Waals surface area contributed by atoms with Crippen molar-refractivity contribution in [1.29, 1.82) is 0 Å². The van der Waals surface area contributed by atoms with Crippen molar-refractivity contribution in [3.63, 3.8) is 0 Å². The molecular formula is C19H20N6OS. The fraction of sp³-hybridized carbons (Fsp3) is 0.263. The van der Waals surface area contributed by atoms with E-state index < -0.39 is 0 Å². The predicted octanol–water partition coefficient (Wildman–Crippen LogP) is 2.18. The molecule has 2 aromatic heterocycles. The summed E-state index contributed by atoms with van der Waals surface area (Å²) in [6.45, 7) is 3.42. The molecule has 27 heavy (non-hydrogen) atoms. The molecule has 0 unspecified atom stereocenters. The van der Waals surface area contributed by atoms with Crippen molar-refractivity contribution in [1.82, 2.24) is 19.9 Å². The highest BCUT2D eigenvalue weighted by Crippen LogP contribution is 2.20. The zero-order valence-electron chi connectivity index (χ0n) is 14.8. The van der Waals surface area contributed by atoms with E-state index in [1.54, 1.807) is 24.5 Å². The van der Waals surface area contributed by atoms with E-state index in [-0.39, 0.29) is 5.56 Å². The van der Waals surface area contributed by atoms with E-state index in [0.29, 0.717) is 16.9 Å². The first-order valence-electron chi connectivity index (χ1n) is 8.83. The van der Waals surface area contributed by atoms with E-state index in [1.807, 2.05) is 6.07 Å². The lowest BCUT2D eigenvalue weighted by molar-refractivity contribution is 0.638. The van der Waals surface area contributed by atoms with Gasteiger partial charge in [-0.1, -0.05) is 30.0 Å². The Morgan fingerprint density at radius 1 is 0.963 bits per heavy atom. The number of rotatable bonds is 5. The molecular weight excluding hydrogens is 360 g/mol. The van der Waals surface area contributed by atoms with Gasteiger partial charge in [0.05, 0.1) is 5.69 Å². The van der Waals surface area contributed by atoms with Crippen LogP contribution in [0.3, 0.4) is 0 Å². The summed E-state index contributed by atoms with van der Waals surface area (Å²) in [5.74, 6) is 1.20. The molecule has 4 rings (SSSR count). The number of anilines is 2. The second-order valence-electron chi connectivity index (χ2n) is 6.19. The monoisotopic (exact) mass is 380 g/mol. The summed E-state index contributed by atoms with van der Waals surface area (Å²) in [6.07, 6.45) is 3.41. The van der Waals surface area contributed by atoms with E-state index in [2.05, 4.69) is 54.0 Å². The Hall–Kier alpha value is -2.87. The molecule has 0 radical (unpaired) electrons. The highest BCUT2D eigenvalue weighted by molar-refractivity contribution is 7.98. The molecule has 8 heteroatoms. The Kier molecular flexibility index (Phi) is 5.34. The van der Waals surface area contributed by atoms with Crippen LogP contribution < -0.4 is 15.4 Å². The molecule has 0 saturated carbocycles. The van der Waals surface area contributed by atoms with Gasteiger partial charge in [-0.05, 0) is 18.2 Å². The SMILES string of the molecule is O=c1cc(CSc2ncccn2)nc(N2CCN(c3ccccc3)CC2)[nH]1. The maximum Gasteiger partial charge on any atom is 0.252 e. The van der Waals surface area contributed by atoms with Crippen LogP contribution in [0.4, 0.5) is 11.6 Å². The van der Waals surface area contributed by atoms with E-state index in [9.17, 15) is 4.79 Å². The van der Waals surface area contributed by atoms with Crippen LogP contribution in [0.15, 0.2) is 64.8 Å². The van der Waals surface area contributed by atoms with Gasteiger partial charge in [0.15, 0.2) is 5.16 Å². The first kappa shape index (κ1) is 17.5. The maximum absolute atomic E-state index is 12.1. The van der Waals surface area contributed by atoms with Gasteiger partial charge in [0.2, 0.25) is 5.95 Å². The first-order valence-corrected chi connectivity index (χ1v) is 9.81. The molecule has 3 aromatic rings. The van der Waals surface area contributed by atoms with Crippen LogP contribution >= 0.6 is 11.8 Å². The molecule has 0 spiro atoms. The lowest BCUT2D eigenvalue weighted by Gasteiger charge is -2.36. The maximum atomic E-state index is 12.1. The van der Waals surface area contributed by atoms with E-state index in [4.69, 9.17) is 0 Å². The van der Waals surface area contributed by atoms with Gasteiger partial charge in [-0.15, -0.1) is 0 Å². The van der Waals surface area contributed by atoms with Crippen molar-refractivity contribution < 1.29 is 0 Å². The predicted molar refractivity (Wildman–Crippen MR) is 107 cm³/mol. The third-order valence-corrected chi connectivity index (χ3v) is 5.28. The lowest BCUT2D eigenvalue weighted by atomic mass is 10.2. The van der Waals surface area contributed by atoms with Gasteiger partial charge in [0.25, 0.3) is 5.56 Å². The summed E-state index contributed by atoms with van der Waals surface area (Å²) in [7, 11) is 0. The summed E-state index contributed by atoms with van der Waals surface area (Å²) in [6, 6.07) is 13.7. The number of hydrogen-bond acceptors (Lipinski definition) is 7. The molecule has 1 N–H and O–H groups in total. The van der Waals surface area contributed by atoms with E-state index in [1.165, 1.54) is 17.4 Å². The largest absolute Gasteiger partial charge is 0.368 e. The van der Waals surface area contributed by atoms with Crippen molar-refractivity contribution in [2.24, 2.45) is 0 Å². The molecule has 1 aromatic carbocycles. The Morgan fingerprint density at radius 3 is 2.41 bits per heavy atom. The van der Waals surface area contributed by atoms with Gasteiger partial charge >= 0.3 is 0 Å². The van der Waals surface area contributed by atoms with Crippen molar-refractivity contribution in [2.75, 3.05) is 36.0 Å².